The lowest BCUT2D eigenvalue weighted by atomic mass is 9.99. The van der Waals surface area contributed by atoms with Crippen molar-refractivity contribution in [2.75, 3.05) is 31.2 Å². The molecule has 3 aromatic heterocycles. The molecule has 0 unspecified atom stereocenters. The van der Waals surface area contributed by atoms with Crippen molar-refractivity contribution in [2.24, 2.45) is 0 Å². The molecule has 1 fully saturated rings. The second-order valence-corrected chi connectivity index (χ2v) is 9.02. The van der Waals surface area contributed by atoms with E-state index in [4.69, 9.17) is 10.7 Å². The molecule has 4 heterocycles. The van der Waals surface area contributed by atoms with Gasteiger partial charge in [0.25, 0.3) is 0 Å². The Bertz CT molecular complexity index is 1350. The number of rotatable bonds is 5. The van der Waals surface area contributed by atoms with Crippen molar-refractivity contribution in [3.63, 3.8) is 0 Å². The smallest absolute Gasteiger partial charge is 0.229 e. The zero-order valence-electron chi connectivity index (χ0n) is 18.7. The fourth-order valence-corrected chi connectivity index (χ4v) is 4.48. The fraction of sp³-hybridized carbons (Fsp3) is 0.269. The summed E-state index contributed by atoms with van der Waals surface area (Å²) in [4.78, 5) is 16.3. The van der Waals surface area contributed by atoms with E-state index >= 15 is 0 Å². The third-order valence-corrected chi connectivity index (χ3v) is 6.47. The van der Waals surface area contributed by atoms with Gasteiger partial charge in [-0.05, 0) is 73.7 Å². The number of nitrogens with zero attached hydrogens (tertiary/aromatic N) is 5. The Labute approximate surface area is 193 Å². The largest absolute Gasteiger partial charge is 0.384 e. The lowest BCUT2D eigenvalue weighted by Crippen LogP contribution is -2.23. The molecular formula is C26H27N7. The number of hydrogen-bond donors (Lipinski definition) is 2. The average Bonchev–Trinajstić information content (AvgIpc) is 3.60. The van der Waals surface area contributed by atoms with Crippen molar-refractivity contribution in [3.05, 3.63) is 72.1 Å². The molecule has 0 amide bonds. The van der Waals surface area contributed by atoms with Gasteiger partial charge in [-0.2, -0.15) is 4.98 Å². The number of pyridine rings is 1. The highest BCUT2D eigenvalue weighted by molar-refractivity contribution is 5.80. The molecule has 1 aliphatic carbocycles. The summed E-state index contributed by atoms with van der Waals surface area (Å²) >= 11 is 0. The van der Waals surface area contributed by atoms with Crippen LogP contribution in [0.15, 0.2) is 60.8 Å². The van der Waals surface area contributed by atoms with Crippen LogP contribution in [-0.4, -0.2) is 44.6 Å². The van der Waals surface area contributed by atoms with E-state index in [2.05, 4.69) is 68.2 Å². The molecule has 0 spiro atoms. The monoisotopic (exact) mass is 437 g/mol. The van der Waals surface area contributed by atoms with Crippen LogP contribution >= 0.6 is 0 Å². The average molecular weight is 438 g/mol. The van der Waals surface area contributed by atoms with Crippen LogP contribution in [0.25, 0.3) is 22.4 Å². The molecule has 1 saturated carbocycles. The Morgan fingerprint density at radius 1 is 1.06 bits per heavy atom. The molecule has 0 radical (unpaired) electrons. The first-order valence-corrected chi connectivity index (χ1v) is 11.5. The molecule has 2 aliphatic rings. The molecule has 0 atom stereocenters. The molecule has 6 rings (SSSR count). The summed E-state index contributed by atoms with van der Waals surface area (Å²) in [6, 6.07) is 16.4. The number of fused-ring (bicyclic) bond motifs is 1. The quantitative estimate of drug-likeness (QED) is 0.469. The van der Waals surface area contributed by atoms with Gasteiger partial charge in [-0.3, -0.25) is 4.57 Å². The van der Waals surface area contributed by atoms with Crippen LogP contribution in [0, 0.1) is 0 Å². The van der Waals surface area contributed by atoms with E-state index in [1.165, 1.54) is 29.7 Å². The number of nitrogen functional groups attached to an aromatic ring is 1. The van der Waals surface area contributed by atoms with Crippen LogP contribution < -0.4 is 11.1 Å². The van der Waals surface area contributed by atoms with Gasteiger partial charge in [0.2, 0.25) is 5.95 Å². The molecule has 0 bridgehead atoms. The number of aromatic nitrogens is 4. The lowest BCUT2D eigenvalue weighted by Gasteiger charge is -2.22. The summed E-state index contributed by atoms with van der Waals surface area (Å²) in [6.45, 7) is 2.11. The predicted octanol–water partition coefficient (Wildman–Crippen LogP) is 4.74. The zero-order valence-corrected chi connectivity index (χ0v) is 18.7. The highest BCUT2D eigenvalue weighted by Crippen LogP contribution is 2.43. The highest BCUT2D eigenvalue weighted by atomic mass is 15.2. The standard InChI is InChI=1S/C26H27N7/c1-32-13-11-18(12-14-32)17-7-9-21(10-8-17)29-26-28-16-20-15-22(19-5-6-19)33(25(20)31-26)24-4-2-3-23(27)30-24/h2-4,7-11,15-16,19H,5-6,12-14H2,1H3,(H2,27,30)(H,28,29,31). The third-order valence-electron chi connectivity index (χ3n) is 6.47. The van der Waals surface area contributed by atoms with E-state index in [-0.39, 0.29) is 0 Å². The molecule has 0 saturated heterocycles. The molecule has 1 aliphatic heterocycles. The second-order valence-electron chi connectivity index (χ2n) is 9.02. The Kier molecular flexibility index (Phi) is 4.84. The van der Waals surface area contributed by atoms with E-state index in [9.17, 15) is 0 Å². The Morgan fingerprint density at radius 2 is 1.91 bits per heavy atom. The van der Waals surface area contributed by atoms with Crippen LogP contribution in [0.2, 0.25) is 0 Å². The normalized spacial score (nSPS) is 16.7. The Morgan fingerprint density at radius 3 is 2.64 bits per heavy atom. The Hall–Kier alpha value is -3.71. The molecule has 166 valence electrons. The summed E-state index contributed by atoms with van der Waals surface area (Å²) in [6.07, 6.45) is 7.67. The third kappa shape index (κ3) is 3.96. The van der Waals surface area contributed by atoms with Crippen LogP contribution in [-0.2, 0) is 0 Å². The van der Waals surface area contributed by atoms with Gasteiger partial charge in [-0.15, -0.1) is 0 Å². The number of likely N-dealkylation sites (N-methyl/N-ethyl adjacent to an activating group) is 1. The molecule has 1 aromatic carbocycles. The van der Waals surface area contributed by atoms with Crippen molar-refractivity contribution in [1.82, 2.24) is 24.4 Å². The number of hydrogen-bond acceptors (Lipinski definition) is 6. The van der Waals surface area contributed by atoms with Crippen molar-refractivity contribution >= 4 is 34.1 Å². The van der Waals surface area contributed by atoms with Gasteiger partial charge < -0.3 is 16.0 Å². The number of anilines is 3. The number of nitrogens with two attached hydrogens (primary N) is 1. The van der Waals surface area contributed by atoms with Crippen LogP contribution in [0.3, 0.4) is 0 Å². The van der Waals surface area contributed by atoms with E-state index in [1.54, 1.807) is 6.07 Å². The highest BCUT2D eigenvalue weighted by Gasteiger charge is 2.29. The first kappa shape index (κ1) is 19.9. The van der Waals surface area contributed by atoms with Gasteiger partial charge in [0, 0.05) is 36.1 Å². The number of benzene rings is 1. The zero-order chi connectivity index (χ0) is 22.4. The van der Waals surface area contributed by atoms with E-state index in [0.29, 0.717) is 17.7 Å². The Balaban J connectivity index is 1.32. The van der Waals surface area contributed by atoms with Crippen molar-refractivity contribution in [2.45, 2.75) is 25.2 Å². The summed E-state index contributed by atoms with van der Waals surface area (Å²) in [5.41, 5.74) is 11.7. The predicted molar refractivity (Wildman–Crippen MR) is 133 cm³/mol. The first-order chi connectivity index (χ1) is 16.1. The summed E-state index contributed by atoms with van der Waals surface area (Å²) in [7, 11) is 2.16. The number of nitrogens with one attached hydrogen (secondary N) is 1. The van der Waals surface area contributed by atoms with Crippen LogP contribution in [0.5, 0.6) is 0 Å². The lowest BCUT2D eigenvalue weighted by molar-refractivity contribution is 0.370. The van der Waals surface area contributed by atoms with Gasteiger partial charge in [0.05, 0.1) is 0 Å². The van der Waals surface area contributed by atoms with Gasteiger partial charge in [0.1, 0.15) is 11.6 Å². The van der Waals surface area contributed by atoms with Crippen LogP contribution in [0.1, 0.15) is 36.4 Å². The summed E-state index contributed by atoms with van der Waals surface area (Å²) in [5, 5.41) is 4.38. The summed E-state index contributed by atoms with van der Waals surface area (Å²) in [5.74, 6) is 2.41. The van der Waals surface area contributed by atoms with Crippen LogP contribution in [0.4, 0.5) is 17.5 Å². The molecule has 7 heteroatoms. The fourth-order valence-electron chi connectivity index (χ4n) is 4.48. The van der Waals surface area contributed by atoms with Gasteiger partial charge >= 0.3 is 0 Å². The second kappa shape index (κ2) is 8.01. The maximum Gasteiger partial charge on any atom is 0.229 e. The van der Waals surface area contributed by atoms with Crippen molar-refractivity contribution < 1.29 is 0 Å². The van der Waals surface area contributed by atoms with E-state index < -0.39 is 0 Å². The van der Waals surface area contributed by atoms with E-state index in [1.807, 2.05) is 18.3 Å². The minimum Gasteiger partial charge on any atom is -0.384 e. The maximum absolute atomic E-state index is 5.98. The summed E-state index contributed by atoms with van der Waals surface area (Å²) < 4.78 is 2.13. The molecule has 4 aromatic rings. The first-order valence-electron chi connectivity index (χ1n) is 11.5. The minimum absolute atomic E-state index is 0.503. The molecule has 33 heavy (non-hydrogen) atoms. The maximum atomic E-state index is 5.98. The van der Waals surface area contributed by atoms with Gasteiger partial charge in [-0.25, -0.2) is 9.97 Å². The van der Waals surface area contributed by atoms with Crippen molar-refractivity contribution in [1.29, 1.82) is 0 Å². The van der Waals surface area contributed by atoms with Gasteiger partial charge in [0.15, 0.2) is 5.65 Å². The van der Waals surface area contributed by atoms with E-state index in [0.717, 1.165) is 42.0 Å². The SMILES string of the molecule is CN1CC=C(c2ccc(Nc3ncc4cc(C5CC5)n(-c5cccc(N)n5)c4n3)cc2)CC1. The topological polar surface area (TPSA) is 84.9 Å². The molecule has 3 N–H and O–H groups in total. The van der Waals surface area contributed by atoms with Gasteiger partial charge in [-0.1, -0.05) is 24.3 Å². The molecular weight excluding hydrogens is 410 g/mol. The minimum atomic E-state index is 0.503. The molecule has 7 nitrogen and oxygen atoms in total. The van der Waals surface area contributed by atoms with Crippen molar-refractivity contribution in [3.8, 4) is 5.82 Å².